The van der Waals surface area contributed by atoms with Crippen molar-refractivity contribution in [2.45, 2.75) is 57.9 Å². The zero-order valence-electron chi connectivity index (χ0n) is 19.8. The molecular weight excluding hydrogens is 468 g/mol. The Hall–Kier alpha value is -2.45. The van der Waals surface area contributed by atoms with Gasteiger partial charge in [-0.1, -0.05) is 42.4 Å². The van der Waals surface area contributed by atoms with Crippen LogP contribution >= 0.6 is 11.3 Å². The van der Waals surface area contributed by atoms with Crippen LogP contribution in [0.1, 0.15) is 59.5 Å². The Bertz CT molecular complexity index is 1160. The number of benzene rings is 1. The van der Waals surface area contributed by atoms with Crippen LogP contribution < -0.4 is 4.74 Å². The molecule has 3 aromatic rings. The molecule has 0 spiro atoms. The van der Waals surface area contributed by atoms with Crippen molar-refractivity contribution < 1.29 is 18.3 Å². The first-order valence-electron chi connectivity index (χ1n) is 12.5. The zero-order chi connectivity index (χ0) is 24.2. The van der Waals surface area contributed by atoms with E-state index in [0.717, 1.165) is 72.4 Å². The van der Waals surface area contributed by atoms with Gasteiger partial charge >= 0.3 is 0 Å². The van der Waals surface area contributed by atoms with Gasteiger partial charge in [-0.2, -0.15) is 0 Å². The first-order valence-corrected chi connectivity index (χ1v) is 13.4. The highest BCUT2D eigenvalue weighted by molar-refractivity contribution is 7.13. The standard InChI is InChI=1S/C27H31F2N3O2S/c28-26(29)17-34-27-31-23-16-32(14-11-25(23)35-27)13-10-18-6-8-19(9-7-18)15-24(33)21-3-1-5-22-20(21)4-2-12-30-22/h1-5,12,18-19,26H,6-11,13-17H2. The number of halogens is 2. The summed E-state index contributed by atoms with van der Waals surface area (Å²) in [7, 11) is 0. The van der Waals surface area contributed by atoms with Crippen molar-refractivity contribution in [2.24, 2.45) is 11.8 Å². The fourth-order valence-corrected chi connectivity index (χ4v) is 6.34. The number of alkyl halides is 2. The van der Waals surface area contributed by atoms with Gasteiger partial charge in [-0.05, 0) is 56.2 Å². The predicted octanol–water partition coefficient (Wildman–Crippen LogP) is 6.16. The minimum absolute atomic E-state index is 0.233. The zero-order valence-corrected chi connectivity index (χ0v) is 20.6. The second-order valence-electron chi connectivity index (χ2n) is 9.76. The number of nitrogens with zero attached hydrogens (tertiary/aromatic N) is 3. The van der Waals surface area contributed by atoms with Crippen LogP contribution in [-0.2, 0) is 13.0 Å². The van der Waals surface area contributed by atoms with Gasteiger partial charge in [-0.3, -0.25) is 14.7 Å². The van der Waals surface area contributed by atoms with Crippen LogP contribution in [-0.4, -0.2) is 46.8 Å². The smallest absolute Gasteiger partial charge is 0.273 e. The fourth-order valence-electron chi connectivity index (χ4n) is 5.42. The second-order valence-corrected chi connectivity index (χ2v) is 10.8. The number of aromatic nitrogens is 2. The van der Waals surface area contributed by atoms with E-state index in [9.17, 15) is 13.6 Å². The molecule has 1 aliphatic heterocycles. The van der Waals surface area contributed by atoms with Crippen LogP contribution in [0, 0.1) is 11.8 Å². The highest BCUT2D eigenvalue weighted by Gasteiger charge is 2.26. The van der Waals surface area contributed by atoms with Crippen LogP contribution in [0.2, 0.25) is 0 Å². The molecule has 0 radical (unpaired) electrons. The third-order valence-corrected chi connectivity index (χ3v) is 8.43. The summed E-state index contributed by atoms with van der Waals surface area (Å²) >= 11 is 1.40. The highest BCUT2D eigenvalue weighted by atomic mass is 32.1. The van der Waals surface area contributed by atoms with E-state index < -0.39 is 13.0 Å². The predicted molar refractivity (Wildman–Crippen MR) is 133 cm³/mol. The molecule has 0 saturated heterocycles. The van der Waals surface area contributed by atoms with Crippen molar-refractivity contribution in [1.29, 1.82) is 0 Å². The average molecular weight is 500 g/mol. The van der Waals surface area contributed by atoms with Gasteiger partial charge in [0.15, 0.2) is 12.4 Å². The van der Waals surface area contributed by atoms with E-state index in [1.54, 1.807) is 6.20 Å². The third kappa shape index (κ3) is 6.04. The van der Waals surface area contributed by atoms with Gasteiger partial charge < -0.3 is 4.74 Å². The number of hydrogen-bond acceptors (Lipinski definition) is 6. The molecule has 1 aliphatic carbocycles. The van der Waals surface area contributed by atoms with Gasteiger partial charge in [-0.25, -0.2) is 13.8 Å². The lowest BCUT2D eigenvalue weighted by molar-refractivity contribution is 0.0815. The Kier molecular flexibility index (Phi) is 7.68. The lowest BCUT2D eigenvalue weighted by atomic mass is 9.78. The number of ketones is 1. The van der Waals surface area contributed by atoms with E-state index in [1.165, 1.54) is 24.2 Å². The molecule has 0 atom stereocenters. The summed E-state index contributed by atoms with van der Waals surface area (Å²) in [4.78, 5) is 25.4. The summed E-state index contributed by atoms with van der Waals surface area (Å²) in [6.45, 7) is 2.19. The molecule has 1 saturated carbocycles. The van der Waals surface area contributed by atoms with Crippen LogP contribution in [0.25, 0.3) is 10.9 Å². The molecule has 2 aliphatic rings. The van der Waals surface area contributed by atoms with Crippen LogP contribution in [0.4, 0.5) is 8.78 Å². The van der Waals surface area contributed by atoms with Crippen molar-refractivity contribution in [1.82, 2.24) is 14.9 Å². The molecule has 0 N–H and O–H groups in total. The Labute approximate surface area is 208 Å². The van der Waals surface area contributed by atoms with Crippen LogP contribution in [0.15, 0.2) is 36.5 Å². The number of fused-ring (bicyclic) bond motifs is 2. The first-order chi connectivity index (χ1) is 17.0. The van der Waals surface area contributed by atoms with Gasteiger partial charge in [0.1, 0.15) is 0 Å². The number of ether oxygens (including phenoxy) is 1. The van der Waals surface area contributed by atoms with Gasteiger partial charge in [0, 0.05) is 41.5 Å². The molecule has 0 bridgehead atoms. The number of rotatable bonds is 9. The monoisotopic (exact) mass is 499 g/mol. The lowest BCUT2D eigenvalue weighted by Crippen LogP contribution is -2.32. The average Bonchev–Trinajstić information content (AvgIpc) is 3.29. The number of carbonyl (C=O) groups is 1. The molecule has 5 nitrogen and oxygen atoms in total. The van der Waals surface area contributed by atoms with Gasteiger partial charge in [0.2, 0.25) is 0 Å². The number of carbonyl (C=O) groups excluding carboxylic acids is 1. The SMILES string of the molecule is O=C(CC1CCC(CCN2CCc3sc(OCC(F)F)nc3C2)CC1)c1cccc2ncccc12. The molecule has 1 fully saturated rings. The van der Waals surface area contributed by atoms with Crippen molar-refractivity contribution >= 4 is 28.0 Å². The molecule has 0 amide bonds. The number of pyridine rings is 1. The van der Waals surface area contributed by atoms with Gasteiger partial charge in [0.25, 0.3) is 11.6 Å². The van der Waals surface area contributed by atoms with Crippen molar-refractivity contribution in [2.75, 3.05) is 19.7 Å². The van der Waals surface area contributed by atoms with E-state index in [-0.39, 0.29) is 5.78 Å². The summed E-state index contributed by atoms with van der Waals surface area (Å²) in [5, 5.41) is 1.32. The Balaban J connectivity index is 1.06. The van der Waals surface area contributed by atoms with Crippen molar-refractivity contribution in [3.8, 4) is 5.19 Å². The molecule has 0 unspecified atom stereocenters. The Morgan fingerprint density at radius 3 is 2.80 bits per heavy atom. The molecule has 1 aromatic carbocycles. The summed E-state index contributed by atoms with van der Waals surface area (Å²) in [6.07, 6.45) is 6.55. The minimum Gasteiger partial charge on any atom is -0.464 e. The molecule has 35 heavy (non-hydrogen) atoms. The quantitative estimate of drug-likeness (QED) is 0.330. The van der Waals surface area contributed by atoms with Gasteiger partial charge in [0.05, 0.1) is 11.2 Å². The summed E-state index contributed by atoms with van der Waals surface area (Å²) in [5.41, 5.74) is 2.66. The number of thiazole rings is 1. The first kappa shape index (κ1) is 24.3. The van der Waals surface area contributed by atoms with Crippen LogP contribution in [0.5, 0.6) is 5.19 Å². The minimum atomic E-state index is -2.48. The second kappa shape index (κ2) is 11.1. The largest absolute Gasteiger partial charge is 0.464 e. The van der Waals surface area contributed by atoms with E-state index in [0.29, 0.717) is 23.5 Å². The van der Waals surface area contributed by atoms with Crippen molar-refractivity contribution in [3.63, 3.8) is 0 Å². The molecule has 3 heterocycles. The Morgan fingerprint density at radius 1 is 1.14 bits per heavy atom. The van der Waals surface area contributed by atoms with E-state index in [2.05, 4.69) is 14.9 Å². The highest BCUT2D eigenvalue weighted by Crippen LogP contribution is 2.35. The summed E-state index contributed by atoms with van der Waals surface area (Å²) in [6, 6.07) is 9.68. The summed E-state index contributed by atoms with van der Waals surface area (Å²) < 4.78 is 29.9. The fraction of sp³-hybridized carbons (Fsp3) is 0.519. The molecular formula is C27H31F2N3O2S. The van der Waals surface area contributed by atoms with E-state index in [4.69, 9.17) is 4.74 Å². The molecule has 5 rings (SSSR count). The van der Waals surface area contributed by atoms with Gasteiger partial charge in [-0.15, -0.1) is 0 Å². The van der Waals surface area contributed by atoms with E-state index in [1.807, 2.05) is 30.3 Å². The van der Waals surface area contributed by atoms with Crippen LogP contribution in [0.3, 0.4) is 0 Å². The normalized spacial score (nSPS) is 20.8. The number of Topliss-reactive ketones (excluding diaryl/α,β-unsaturated/α-hetero) is 1. The number of hydrogen-bond donors (Lipinski definition) is 0. The van der Waals surface area contributed by atoms with E-state index >= 15 is 0 Å². The Morgan fingerprint density at radius 2 is 1.97 bits per heavy atom. The molecule has 2 aromatic heterocycles. The topological polar surface area (TPSA) is 55.3 Å². The molecule has 8 heteroatoms. The maximum Gasteiger partial charge on any atom is 0.273 e. The third-order valence-electron chi connectivity index (χ3n) is 7.36. The van der Waals surface area contributed by atoms with Crippen molar-refractivity contribution in [3.05, 3.63) is 52.7 Å². The summed E-state index contributed by atoms with van der Waals surface area (Å²) in [5.74, 6) is 1.39. The molecule has 186 valence electrons. The maximum absolute atomic E-state index is 13.0. The maximum atomic E-state index is 13.0. The lowest BCUT2D eigenvalue weighted by Gasteiger charge is -2.31.